The van der Waals surface area contributed by atoms with Gasteiger partial charge in [-0.2, -0.15) is 0 Å². The Hall–Kier alpha value is -0.260. The maximum Gasteiger partial charge on any atom is -0.0351 e. The second kappa shape index (κ2) is 18.8. The van der Waals surface area contributed by atoms with Gasteiger partial charge in [-0.3, -0.25) is 0 Å². The Labute approximate surface area is 142 Å². The van der Waals surface area contributed by atoms with E-state index < -0.39 is 0 Å². The molecule has 0 fully saturated rings. The zero-order valence-electron chi connectivity index (χ0n) is 15.5. The van der Waals surface area contributed by atoms with Gasteiger partial charge in [0.15, 0.2) is 0 Å². The first-order valence-corrected chi connectivity index (χ1v) is 10.1. The maximum absolute atomic E-state index is 3.92. The predicted octanol–water partition coefficient (Wildman–Crippen LogP) is 8.09. The Bertz CT molecular complexity index is 216. The molecule has 0 bridgehead atoms. The normalized spacial score (nSPS) is 13.0. The smallest absolute Gasteiger partial charge is 0.0351 e. The molecular formula is C22H42. The maximum atomic E-state index is 3.92. The van der Waals surface area contributed by atoms with Crippen molar-refractivity contribution in [2.24, 2.45) is 5.92 Å². The summed E-state index contributed by atoms with van der Waals surface area (Å²) in [6.07, 6.45) is 26.2. The van der Waals surface area contributed by atoms with Crippen LogP contribution in [0.2, 0.25) is 0 Å². The molecule has 0 aromatic carbocycles. The van der Waals surface area contributed by atoms with Gasteiger partial charge in [-0.1, -0.05) is 110 Å². The van der Waals surface area contributed by atoms with Crippen molar-refractivity contribution in [2.75, 3.05) is 0 Å². The van der Waals surface area contributed by atoms with Crippen molar-refractivity contribution >= 4 is 0 Å². The van der Waals surface area contributed by atoms with Gasteiger partial charge < -0.3 is 0 Å². The monoisotopic (exact) mass is 306 g/mol. The van der Waals surface area contributed by atoms with Crippen LogP contribution >= 0.6 is 0 Å². The number of unbranched alkanes of at least 4 members (excludes halogenated alkanes) is 10. The fourth-order valence-corrected chi connectivity index (χ4v) is 3.07. The van der Waals surface area contributed by atoms with Gasteiger partial charge in [-0.15, -0.1) is 0 Å². The molecule has 1 atom stereocenters. The molecule has 0 saturated heterocycles. The van der Waals surface area contributed by atoms with Crippen LogP contribution in [0.25, 0.3) is 0 Å². The molecule has 0 saturated carbocycles. The molecule has 0 heteroatoms. The Morgan fingerprint density at radius 1 is 0.636 bits per heavy atom. The first kappa shape index (κ1) is 21.7. The zero-order chi connectivity index (χ0) is 16.3. The van der Waals surface area contributed by atoms with Gasteiger partial charge >= 0.3 is 0 Å². The second-order valence-electron chi connectivity index (χ2n) is 6.79. The summed E-state index contributed by atoms with van der Waals surface area (Å²) in [5, 5.41) is 0. The third-order valence-corrected chi connectivity index (χ3v) is 4.71. The van der Waals surface area contributed by atoms with E-state index in [1.54, 1.807) is 0 Å². The minimum absolute atomic E-state index is 0.968. The Kier molecular flexibility index (Phi) is 18.6. The number of allylic oxidation sites excluding steroid dienone is 2. The Morgan fingerprint density at radius 2 is 1.14 bits per heavy atom. The van der Waals surface area contributed by atoms with Crippen LogP contribution in [-0.4, -0.2) is 0 Å². The summed E-state index contributed by atoms with van der Waals surface area (Å²) in [5.74, 6) is 0.968. The number of hydrogen-bond donors (Lipinski definition) is 0. The molecule has 0 aliphatic rings. The van der Waals surface area contributed by atoms with E-state index in [0.717, 1.165) is 18.8 Å². The highest BCUT2D eigenvalue weighted by atomic mass is 14.1. The van der Waals surface area contributed by atoms with Crippen LogP contribution in [0, 0.1) is 19.8 Å². The molecule has 0 aliphatic heterocycles. The average molecular weight is 307 g/mol. The topological polar surface area (TPSA) is 0 Å². The highest BCUT2D eigenvalue weighted by Gasteiger charge is 2.05. The quantitative estimate of drug-likeness (QED) is 0.188. The van der Waals surface area contributed by atoms with Crippen LogP contribution in [0.4, 0.5) is 0 Å². The second-order valence-corrected chi connectivity index (χ2v) is 6.79. The molecule has 0 amide bonds. The third kappa shape index (κ3) is 16.1. The lowest BCUT2D eigenvalue weighted by molar-refractivity contribution is 0.404. The third-order valence-electron chi connectivity index (χ3n) is 4.71. The van der Waals surface area contributed by atoms with Crippen LogP contribution in [0.3, 0.4) is 0 Å². The summed E-state index contributed by atoms with van der Waals surface area (Å²) >= 11 is 0. The average Bonchev–Trinajstić information content (AvgIpc) is 2.54. The van der Waals surface area contributed by atoms with E-state index in [-0.39, 0.29) is 0 Å². The lowest BCUT2D eigenvalue weighted by atomic mass is 9.93. The van der Waals surface area contributed by atoms with Gasteiger partial charge in [-0.25, -0.2) is 0 Å². The summed E-state index contributed by atoms with van der Waals surface area (Å²) in [4.78, 5) is 0. The molecule has 0 heterocycles. The van der Waals surface area contributed by atoms with Crippen LogP contribution in [-0.2, 0) is 0 Å². The van der Waals surface area contributed by atoms with Crippen molar-refractivity contribution in [3.05, 3.63) is 26.0 Å². The molecule has 1 unspecified atom stereocenters. The van der Waals surface area contributed by atoms with E-state index in [1.807, 2.05) is 0 Å². The predicted molar refractivity (Wildman–Crippen MR) is 103 cm³/mol. The fourth-order valence-electron chi connectivity index (χ4n) is 3.07. The van der Waals surface area contributed by atoms with Crippen molar-refractivity contribution in [3.63, 3.8) is 0 Å². The Morgan fingerprint density at radius 3 is 1.73 bits per heavy atom. The van der Waals surface area contributed by atoms with Crippen molar-refractivity contribution in [2.45, 2.75) is 110 Å². The number of hydrogen-bond acceptors (Lipinski definition) is 0. The minimum atomic E-state index is 0.968. The highest BCUT2D eigenvalue weighted by molar-refractivity contribution is 4.81. The molecule has 0 rings (SSSR count). The lowest BCUT2D eigenvalue weighted by Crippen LogP contribution is -1.98. The van der Waals surface area contributed by atoms with E-state index in [4.69, 9.17) is 0 Å². The molecule has 0 spiro atoms. The van der Waals surface area contributed by atoms with Crippen LogP contribution in [0.1, 0.15) is 110 Å². The van der Waals surface area contributed by atoms with Crippen molar-refractivity contribution < 1.29 is 0 Å². The van der Waals surface area contributed by atoms with Crippen molar-refractivity contribution in [1.82, 2.24) is 0 Å². The molecule has 22 heavy (non-hydrogen) atoms. The molecule has 130 valence electrons. The molecule has 0 aromatic rings. The van der Waals surface area contributed by atoms with Gasteiger partial charge in [0, 0.05) is 0 Å². The van der Waals surface area contributed by atoms with Gasteiger partial charge in [0.05, 0.1) is 0 Å². The standard InChI is InChI=1S/C22H42/c1-4-7-9-11-12-13-14-15-17-19-21-22(6-3)20-18-16-10-8-5-2/h14-15,22H,1-2,4-13,16-21H2,3H3/b15-14+. The number of rotatable bonds is 17. The minimum Gasteiger partial charge on any atom is -0.0885 e. The van der Waals surface area contributed by atoms with E-state index in [1.165, 1.54) is 89.9 Å². The lowest BCUT2D eigenvalue weighted by Gasteiger charge is -2.13. The van der Waals surface area contributed by atoms with Crippen LogP contribution in [0.5, 0.6) is 0 Å². The molecule has 0 aromatic heterocycles. The van der Waals surface area contributed by atoms with Crippen molar-refractivity contribution in [3.8, 4) is 0 Å². The van der Waals surface area contributed by atoms with E-state index in [9.17, 15) is 0 Å². The van der Waals surface area contributed by atoms with E-state index in [0.29, 0.717) is 0 Å². The summed E-state index contributed by atoms with van der Waals surface area (Å²) < 4.78 is 0. The van der Waals surface area contributed by atoms with E-state index in [2.05, 4.69) is 32.9 Å². The summed E-state index contributed by atoms with van der Waals surface area (Å²) in [6, 6.07) is 0. The summed E-state index contributed by atoms with van der Waals surface area (Å²) in [5.41, 5.74) is 0. The molecule has 0 aliphatic carbocycles. The largest absolute Gasteiger partial charge is 0.0885 e. The van der Waals surface area contributed by atoms with Gasteiger partial charge in [0.2, 0.25) is 0 Å². The molecule has 0 nitrogen and oxygen atoms in total. The van der Waals surface area contributed by atoms with Crippen LogP contribution < -0.4 is 0 Å². The van der Waals surface area contributed by atoms with E-state index >= 15 is 0 Å². The van der Waals surface area contributed by atoms with Gasteiger partial charge in [0.1, 0.15) is 0 Å². The molecule has 2 radical (unpaired) electrons. The molecule has 0 N–H and O–H groups in total. The zero-order valence-corrected chi connectivity index (χ0v) is 15.5. The van der Waals surface area contributed by atoms with Gasteiger partial charge in [-0.05, 0) is 31.6 Å². The summed E-state index contributed by atoms with van der Waals surface area (Å²) in [7, 11) is 0. The van der Waals surface area contributed by atoms with Crippen LogP contribution in [0.15, 0.2) is 12.2 Å². The Balaban J connectivity index is 3.38. The van der Waals surface area contributed by atoms with Crippen molar-refractivity contribution in [1.29, 1.82) is 0 Å². The first-order valence-electron chi connectivity index (χ1n) is 10.1. The molecular weight excluding hydrogens is 264 g/mol. The van der Waals surface area contributed by atoms with Gasteiger partial charge in [0.25, 0.3) is 0 Å². The fraction of sp³-hybridized carbons (Fsp3) is 0.818. The summed E-state index contributed by atoms with van der Waals surface area (Å²) in [6.45, 7) is 10.2. The first-order chi connectivity index (χ1) is 10.8. The highest BCUT2D eigenvalue weighted by Crippen LogP contribution is 2.20. The SMILES string of the molecule is [CH2]CCCCCC/C=C/CCCC(CC)CCCCCC[CH2].